The van der Waals surface area contributed by atoms with E-state index in [9.17, 15) is 9.18 Å². The summed E-state index contributed by atoms with van der Waals surface area (Å²) in [5, 5.41) is 9.98. The van der Waals surface area contributed by atoms with Crippen LogP contribution in [0.3, 0.4) is 0 Å². The number of aliphatic imine (C=N–C) groups is 1. The highest BCUT2D eigenvalue weighted by molar-refractivity contribution is 6.31. The predicted octanol–water partition coefficient (Wildman–Crippen LogP) is 2.17. The van der Waals surface area contributed by atoms with Crippen LogP contribution in [0.1, 0.15) is 25.2 Å². The molecule has 0 aliphatic carbocycles. The topological polar surface area (TPSA) is 106 Å². The summed E-state index contributed by atoms with van der Waals surface area (Å²) in [6, 6.07) is 3.93. The van der Waals surface area contributed by atoms with Gasteiger partial charge in [0.15, 0.2) is 11.5 Å². The molecule has 0 saturated heterocycles. The van der Waals surface area contributed by atoms with Crippen molar-refractivity contribution in [1.29, 1.82) is 0 Å². The smallest absolute Gasteiger partial charge is 0.222 e. The van der Waals surface area contributed by atoms with Gasteiger partial charge in [0.05, 0.1) is 17.3 Å². The highest BCUT2D eigenvalue weighted by atomic mass is 35.5. The number of nitrogens with one attached hydrogen (secondary N) is 1. The van der Waals surface area contributed by atoms with E-state index in [0.717, 1.165) is 0 Å². The van der Waals surface area contributed by atoms with Crippen molar-refractivity contribution >= 4 is 29.0 Å². The molecule has 0 unspecified atom stereocenters. The van der Waals surface area contributed by atoms with Crippen LogP contribution in [-0.4, -0.2) is 22.1 Å². The van der Waals surface area contributed by atoms with Crippen LogP contribution in [0.5, 0.6) is 0 Å². The molecule has 1 aromatic carbocycles. The molecule has 1 amide bonds. The van der Waals surface area contributed by atoms with Gasteiger partial charge in [-0.25, -0.2) is 14.0 Å². The molecular formula is C14H15ClFN5O2. The number of amidine groups is 1. The summed E-state index contributed by atoms with van der Waals surface area (Å²) >= 11 is 5.69. The molecule has 1 heterocycles. The number of amides is 1. The van der Waals surface area contributed by atoms with Crippen LogP contribution in [0, 0.1) is 11.7 Å². The molecule has 2 rings (SSSR count). The second kappa shape index (κ2) is 7.19. The maximum Gasteiger partial charge on any atom is 0.222 e. The highest BCUT2D eigenvalue weighted by Crippen LogP contribution is 2.22. The molecule has 0 saturated carbocycles. The number of hydrogen-bond acceptors (Lipinski definition) is 5. The van der Waals surface area contributed by atoms with Gasteiger partial charge in [0, 0.05) is 5.92 Å². The van der Waals surface area contributed by atoms with E-state index in [1.165, 1.54) is 18.2 Å². The quantitative estimate of drug-likeness (QED) is 0.641. The zero-order chi connectivity index (χ0) is 17.0. The molecule has 1 aromatic heterocycles. The lowest BCUT2D eigenvalue weighted by atomic mass is 10.2. The summed E-state index contributed by atoms with van der Waals surface area (Å²) in [6.07, 6.45) is 0. The first-order valence-electron chi connectivity index (χ1n) is 6.77. The second-order valence-electron chi connectivity index (χ2n) is 5.03. The van der Waals surface area contributed by atoms with Crippen LogP contribution < -0.4 is 11.1 Å². The number of benzene rings is 1. The van der Waals surface area contributed by atoms with Crippen LogP contribution >= 0.6 is 11.6 Å². The first-order chi connectivity index (χ1) is 10.9. The van der Waals surface area contributed by atoms with E-state index in [1.54, 1.807) is 13.8 Å². The Balaban J connectivity index is 2.18. The van der Waals surface area contributed by atoms with Crippen LogP contribution in [0.2, 0.25) is 5.02 Å². The molecule has 3 N–H and O–H groups in total. The van der Waals surface area contributed by atoms with E-state index in [1.807, 2.05) is 0 Å². The van der Waals surface area contributed by atoms with Gasteiger partial charge in [0.25, 0.3) is 0 Å². The zero-order valence-corrected chi connectivity index (χ0v) is 13.3. The Morgan fingerprint density at radius 2 is 2.22 bits per heavy atom. The largest absolute Gasteiger partial charge is 0.382 e. The van der Waals surface area contributed by atoms with Crippen molar-refractivity contribution in [2.75, 3.05) is 0 Å². The first kappa shape index (κ1) is 16.9. The lowest BCUT2D eigenvalue weighted by molar-refractivity contribution is -0.124. The van der Waals surface area contributed by atoms with Crippen molar-refractivity contribution in [2.24, 2.45) is 16.6 Å². The number of halogens is 2. The maximum atomic E-state index is 13.1. The number of hydrogen-bond donors (Lipinski definition) is 2. The fraction of sp³-hybridized carbons (Fsp3) is 0.286. The summed E-state index contributed by atoms with van der Waals surface area (Å²) < 4.78 is 17.8. The van der Waals surface area contributed by atoms with Gasteiger partial charge in [0.1, 0.15) is 11.5 Å². The van der Waals surface area contributed by atoms with Crippen molar-refractivity contribution in [1.82, 2.24) is 15.6 Å². The minimum absolute atomic E-state index is 0.0164. The molecule has 0 spiro atoms. The molecule has 0 fully saturated rings. The van der Waals surface area contributed by atoms with Gasteiger partial charge < -0.3 is 11.1 Å². The average molecular weight is 340 g/mol. The Bertz CT molecular complexity index is 745. The normalized spacial score (nSPS) is 11.8. The second-order valence-corrected chi connectivity index (χ2v) is 5.43. The molecular weight excluding hydrogens is 325 g/mol. The Kier molecular flexibility index (Phi) is 5.28. The van der Waals surface area contributed by atoms with Crippen molar-refractivity contribution in [3.05, 3.63) is 40.4 Å². The van der Waals surface area contributed by atoms with E-state index in [0.29, 0.717) is 11.4 Å². The van der Waals surface area contributed by atoms with E-state index < -0.39 is 5.82 Å². The Labute approximate surface area is 136 Å². The number of carbonyl (C=O) groups excluding carboxylic acids is 1. The molecule has 0 bridgehead atoms. The molecule has 9 heteroatoms. The number of nitrogens with two attached hydrogens (primary N) is 1. The van der Waals surface area contributed by atoms with Crippen molar-refractivity contribution in [3.8, 4) is 0 Å². The zero-order valence-electron chi connectivity index (χ0n) is 12.5. The minimum atomic E-state index is -0.552. The fourth-order valence-corrected chi connectivity index (χ4v) is 1.81. The third kappa shape index (κ3) is 4.26. The summed E-state index contributed by atoms with van der Waals surface area (Å²) in [4.78, 5) is 15.7. The molecule has 122 valence electrons. The average Bonchev–Trinajstić information content (AvgIpc) is 2.97. The van der Waals surface area contributed by atoms with E-state index in [2.05, 4.69) is 25.3 Å². The number of carbonyl (C=O) groups is 1. The van der Waals surface area contributed by atoms with Crippen molar-refractivity contribution in [3.63, 3.8) is 0 Å². The molecule has 7 nitrogen and oxygen atoms in total. The first-order valence-corrected chi connectivity index (χ1v) is 7.15. The van der Waals surface area contributed by atoms with Gasteiger partial charge in [0.2, 0.25) is 5.91 Å². The van der Waals surface area contributed by atoms with Crippen LogP contribution in [0.15, 0.2) is 27.8 Å². The molecule has 23 heavy (non-hydrogen) atoms. The monoisotopic (exact) mass is 339 g/mol. The Morgan fingerprint density at radius 1 is 1.48 bits per heavy atom. The van der Waals surface area contributed by atoms with Gasteiger partial charge in [-0.1, -0.05) is 30.6 Å². The van der Waals surface area contributed by atoms with Gasteiger partial charge in [-0.2, -0.15) is 0 Å². The molecule has 2 aromatic rings. The summed E-state index contributed by atoms with van der Waals surface area (Å²) in [7, 11) is 0. The van der Waals surface area contributed by atoms with Crippen LogP contribution in [0.25, 0.3) is 0 Å². The third-order valence-corrected chi connectivity index (χ3v) is 3.20. The van der Waals surface area contributed by atoms with Crippen LogP contribution in [0.4, 0.5) is 10.1 Å². The lowest BCUT2D eigenvalue weighted by Gasteiger charge is -2.06. The Hall–Kier alpha value is -2.48. The SMILES string of the molecule is CC(C)C(=O)NCc1nonc1C(N)=Nc1ccc(F)c(Cl)c1. The van der Waals surface area contributed by atoms with E-state index in [-0.39, 0.29) is 34.9 Å². The Morgan fingerprint density at radius 3 is 2.87 bits per heavy atom. The standard InChI is InChI=1S/C14H15ClFN5O2/c1-7(2)14(22)18-6-11-12(21-23-20-11)13(17)19-8-3-4-10(16)9(15)5-8/h3-5,7H,6H2,1-2H3,(H2,17,19)(H,18,22). The summed E-state index contributed by atoms with van der Waals surface area (Å²) in [5.74, 6) is -0.836. The number of aromatic nitrogens is 2. The molecule has 0 radical (unpaired) electrons. The highest BCUT2D eigenvalue weighted by Gasteiger charge is 2.16. The molecule has 0 atom stereocenters. The van der Waals surface area contributed by atoms with Crippen molar-refractivity contribution in [2.45, 2.75) is 20.4 Å². The fourth-order valence-electron chi connectivity index (χ4n) is 1.64. The van der Waals surface area contributed by atoms with E-state index in [4.69, 9.17) is 17.3 Å². The van der Waals surface area contributed by atoms with Gasteiger partial charge in [-0.3, -0.25) is 4.79 Å². The minimum Gasteiger partial charge on any atom is -0.382 e. The van der Waals surface area contributed by atoms with E-state index >= 15 is 0 Å². The molecule has 0 aliphatic rings. The number of rotatable bonds is 5. The van der Waals surface area contributed by atoms with Crippen LogP contribution in [-0.2, 0) is 11.3 Å². The predicted molar refractivity (Wildman–Crippen MR) is 82.8 cm³/mol. The van der Waals surface area contributed by atoms with Gasteiger partial charge in [-0.15, -0.1) is 0 Å². The third-order valence-electron chi connectivity index (χ3n) is 2.91. The summed E-state index contributed by atoms with van der Waals surface area (Å²) in [6.45, 7) is 3.65. The lowest BCUT2D eigenvalue weighted by Crippen LogP contribution is -2.28. The number of nitrogens with zero attached hydrogens (tertiary/aromatic N) is 3. The van der Waals surface area contributed by atoms with Gasteiger partial charge >= 0.3 is 0 Å². The van der Waals surface area contributed by atoms with Crippen molar-refractivity contribution < 1.29 is 13.8 Å². The molecule has 0 aliphatic heterocycles. The maximum absolute atomic E-state index is 13.1. The summed E-state index contributed by atoms with van der Waals surface area (Å²) in [5.41, 5.74) is 6.76. The van der Waals surface area contributed by atoms with Gasteiger partial charge in [-0.05, 0) is 23.4 Å².